The first kappa shape index (κ1) is 11.2. The number of hydrogen-bond acceptors (Lipinski definition) is 2. The zero-order valence-corrected chi connectivity index (χ0v) is 9.62. The van der Waals surface area contributed by atoms with E-state index in [-0.39, 0.29) is 0 Å². The second-order valence-electron chi connectivity index (χ2n) is 4.87. The first-order valence-corrected chi connectivity index (χ1v) is 6.43. The van der Waals surface area contributed by atoms with Crippen molar-refractivity contribution in [3.8, 4) is 0 Å². The highest BCUT2D eigenvalue weighted by Crippen LogP contribution is 2.27. The molecular weight excluding hydrogens is 186 g/mol. The summed E-state index contributed by atoms with van der Waals surface area (Å²) in [7, 11) is 0. The summed E-state index contributed by atoms with van der Waals surface area (Å²) in [6.07, 6.45) is 11.8. The fraction of sp³-hybridized carbons (Fsp3) is 0.846. The van der Waals surface area contributed by atoms with Gasteiger partial charge in [-0.1, -0.05) is 11.6 Å². The number of β-amino-alcohol motifs (C(OH)–C–C–N with tert-alkyl or cyclic N) is 1. The number of aliphatic hydroxyl groups excluding tert-OH is 1. The number of hydrogen-bond donors (Lipinski definition) is 1. The third kappa shape index (κ3) is 3.05. The van der Waals surface area contributed by atoms with Gasteiger partial charge >= 0.3 is 0 Å². The summed E-state index contributed by atoms with van der Waals surface area (Å²) in [5, 5.41) is 8.99. The second kappa shape index (κ2) is 5.66. The topological polar surface area (TPSA) is 23.5 Å². The fourth-order valence-corrected chi connectivity index (χ4v) is 2.94. The summed E-state index contributed by atoms with van der Waals surface area (Å²) in [6.45, 7) is 2.38. The van der Waals surface area contributed by atoms with Crippen molar-refractivity contribution in [2.24, 2.45) is 0 Å². The van der Waals surface area contributed by atoms with Crippen molar-refractivity contribution in [2.45, 2.75) is 51.0 Å². The Balaban J connectivity index is 1.84. The van der Waals surface area contributed by atoms with Crippen LogP contribution in [0.4, 0.5) is 0 Å². The molecule has 2 aliphatic rings. The SMILES string of the molecule is OCCN1CCCC1CC1=CCCCC1. The zero-order valence-electron chi connectivity index (χ0n) is 9.62. The van der Waals surface area contributed by atoms with E-state index < -0.39 is 0 Å². The molecule has 1 saturated heterocycles. The molecule has 1 aliphatic heterocycles. The van der Waals surface area contributed by atoms with E-state index in [2.05, 4.69) is 11.0 Å². The molecule has 1 unspecified atom stereocenters. The van der Waals surface area contributed by atoms with E-state index in [1.54, 1.807) is 5.57 Å². The molecule has 1 fully saturated rings. The molecule has 1 aliphatic carbocycles. The van der Waals surface area contributed by atoms with E-state index in [0.29, 0.717) is 6.61 Å². The molecule has 2 nitrogen and oxygen atoms in total. The van der Waals surface area contributed by atoms with Crippen molar-refractivity contribution in [2.75, 3.05) is 19.7 Å². The Kier molecular flexibility index (Phi) is 4.21. The summed E-state index contributed by atoms with van der Waals surface area (Å²) < 4.78 is 0. The van der Waals surface area contributed by atoms with Crippen molar-refractivity contribution < 1.29 is 5.11 Å². The maximum Gasteiger partial charge on any atom is 0.0558 e. The Bertz CT molecular complexity index is 225. The molecule has 0 aromatic carbocycles. The van der Waals surface area contributed by atoms with Gasteiger partial charge in [0.15, 0.2) is 0 Å². The van der Waals surface area contributed by atoms with Crippen LogP contribution in [0.25, 0.3) is 0 Å². The van der Waals surface area contributed by atoms with Gasteiger partial charge in [-0.25, -0.2) is 0 Å². The molecule has 0 bridgehead atoms. The van der Waals surface area contributed by atoms with Crippen LogP contribution in [-0.4, -0.2) is 35.7 Å². The number of aliphatic hydroxyl groups is 1. The molecular formula is C13H23NO. The van der Waals surface area contributed by atoms with Gasteiger partial charge < -0.3 is 5.11 Å². The van der Waals surface area contributed by atoms with Crippen LogP contribution in [0.1, 0.15) is 44.9 Å². The molecule has 1 N–H and O–H groups in total. The molecule has 1 heterocycles. The van der Waals surface area contributed by atoms with Gasteiger partial charge in [0, 0.05) is 12.6 Å². The standard InChI is InChI=1S/C13H23NO/c15-10-9-14-8-4-7-13(14)11-12-5-2-1-3-6-12/h5,13,15H,1-4,6-11H2. The summed E-state index contributed by atoms with van der Waals surface area (Å²) in [6, 6.07) is 0.724. The van der Waals surface area contributed by atoms with Crippen LogP contribution in [0.15, 0.2) is 11.6 Å². The summed E-state index contributed by atoms with van der Waals surface area (Å²) in [4.78, 5) is 2.47. The van der Waals surface area contributed by atoms with E-state index in [1.165, 1.54) is 51.5 Å². The fourth-order valence-electron chi connectivity index (χ4n) is 2.94. The minimum atomic E-state index is 0.315. The maximum absolute atomic E-state index is 8.99. The van der Waals surface area contributed by atoms with Crippen molar-refractivity contribution in [1.82, 2.24) is 4.90 Å². The third-order valence-corrected chi connectivity index (χ3v) is 3.77. The average molecular weight is 209 g/mol. The van der Waals surface area contributed by atoms with E-state index in [1.807, 2.05) is 0 Å². The molecule has 0 spiro atoms. The lowest BCUT2D eigenvalue weighted by Crippen LogP contribution is -2.32. The van der Waals surface area contributed by atoms with Crippen LogP contribution in [0.5, 0.6) is 0 Å². The average Bonchev–Trinajstić information content (AvgIpc) is 2.68. The van der Waals surface area contributed by atoms with E-state index in [9.17, 15) is 0 Å². The van der Waals surface area contributed by atoms with Gasteiger partial charge in [-0.3, -0.25) is 4.90 Å². The highest BCUT2D eigenvalue weighted by molar-refractivity contribution is 5.07. The van der Waals surface area contributed by atoms with Crippen LogP contribution in [0.3, 0.4) is 0 Å². The Labute approximate surface area is 93.0 Å². The molecule has 0 aromatic heterocycles. The maximum atomic E-state index is 8.99. The minimum Gasteiger partial charge on any atom is -0.395 e. The van der Waals surface area contributed by atoms with Crippen molar-refractivity contribution in [3.05, 3.63) is 11.6 Å². The predicted molar refractivity (Wildman–Crippen MR) is 62.8 cm³/mol. The van der Waals surface area contributed by atoms with Gasteiger partial charge in [0.25, 0.3) is 0 Å². The first-order valence-electron chi connectivity index (χ1n) is 6.43. The van der Waals surface area contributed by atoms with Gasteiger partial charge in [-0.05, 0) is 51.5 Å². The Morgan fingerprint density at radius 2 is 2.27 bits per heavy atom. The Morgan fingerprint density at radius 3 is 3.00 bits per heavy atom. The minimum absolute atomic E-state index is 0.315. The second-order valence-corrected chi connectivity index (χ2v) is 4.87. The van der Waals surface area contributed by atoms with E-state index in [0.717, 1.165) is 12.6 Å². The quantitative estimate of drug-likeness (QED) is 0.718. The molecule has 0 radical (unpaired) electrons. The summed E-state index contributed by atoms with van der Waals surface area (Å²) >= 11 is 0. The largest absolute Gasteiger partial charge is 0.395 e. The zero-order chi connectivity index (χ0) is 10.5. The predicted octanol–water partition coefficient (Wildman–Crippen LogP) is 2.33. The lowest BCUT2D eigenvalue weighted by Gasteiger charge is -2.25. The van der Waals surface area contributed by atoms with Crippen LogP contribution in [0, 0.1) is 0 Å². The molecule has 15 heavy (non-hydrogen) atoms. The molecule has 2 rings (SSSR count). The molecule has 0 saturated carbocycles. The number of likely N-dealkylation sites (tertiary alicyclic amines) is 1. The smallest absolute Gasteiger partial charge is 0.0558 e. The molecule has 0 aromatic rings. The number of rotatable bonds is 4. The van der Waals surface area contributed by atoms with E-state index >= 15 is 0 Å². The van der Waals surface area contributed by atoms with E-state index in [4.69, 9.17) is 5.11 Å². The van der Waals surface area contributed by atoms with Crippen LogP contribution in [0.2, 0.25) is 0 Å². The van der Waals surface area contributed by atoms with Gasteiger partial charge in [0.05, 0.1) is 6.61 Å². The summed E-state index contributed by atoms with van der Waals surface area (Å²) in [5.74, 6) is 0. The first-order chi connectivity index (χ1) is 7.40. The molecule has 86 valence electrons. The molecule has 0 amide bonds. The van der Waals surface area contributed by atoms with Crippen LogP contribution < -0.4 is 0 Å². The normalized spacial score (nSPS) is 28.1. The number of allylic oxidation sites excluding steroid dienone is 1. The van der Waals surface area contributed by atoms with Crippen molar-refractivity contribution >= 4 is 0 Å². The molecule has 1 atom stereocenters. The van der Waals surface area contributed by atoms with Crippen LogP contribution >= 0.6 is 0 Å². The van der Waals surface area contributed by atoms with Crippen molar-refractivity contribution in [3.63, 3.8) is 0 Å². The Morgan fingerprint density at radius 1 is 1.33 bits per heavy atom. The highest BCUT2D eigenvalue weighted by Gasteiger charge is 2.24. The van der Waals surface area contributed by atoms with Gasteiger partial charge in [0.2, 0.25) is 0 Å². The van der Waals surface area contributed by atoms with Gasteiger partial charge in [0.1, 0.15) is 0 Å². The van der Waals surface area contributed by atoms with Gasteiger partial charge in [-0.15, -0.1) is 0 Å². The highest BCUT2D eigenvalue weighted by atomic mass is 16.3. The Hall–Kier alpha value is -0.340. The molecule has 2 heteroatoms. The van der Waals surface area contributed by atoms with Crippen molar-refractivity contribution in [1.29, 1.82) is 0 Å². The lowest BCUT2D eigenvalue weighted by molar-refractivity contribution is 0.183. The third-order valence-electron chi connectivity index (χ3n) is 3.77. The van der Waals surface area contributed by atoms with Gasteiger partial charge in [-0.2, -0.15) is 0 Å². The number of nitrogens with zero attached hydrogens (tertiary/aromatic N) is 1. The lowest BCUT2D eigenvalue weighted by atomic mass is 9.93. The van der Waals surface area contributed by atoms with Crippen LogP contribution in [-0.2, 0) is 0 Å². The monoisotopic (exact) mass is 209 g/mol. The summed E-state index contributed by atoms with van der Waals surface area (Å²) in [5.41, 5.74) is 1.68.